The highest BCUT2D eigenvalue weighted by Gasteiger charge is 2.22. The predicted octanol–water partition coefficient (Wildman–Crippen LogP) is 5.31. The van der Waals surface area contributed by atoms with E-state index in [0.717, 1.165) is 30.8 Å². The van der Waals surface area contributed by atoms with Gasteiger partial charge in [0.15, 0.2) is 0 Å². The molecule has 1 saturated heterocycles. The van der Waals surface area contributed by atoms with Crippen LogP contribution in [0.15, 0.2) is 103 Å². The van der Waals surface area contributed by atoms with Crippen molar-refractivity contribution in [3.8, 4) is 11.1 Å². The number of carbonyl (C=O) groups is 2. The quantitative estimate of drug-likeness (QED) is 0.342. The molecule has 39 heavy (non-hydrogen) atoms. The molecule has 0 aromatic heterocycles. The van der Waals surface area contributed by atoms with E-state index in [1.165, 1.54) is 28.8 Å². The van der Waals surface area contributed by atoms with Crippen molar-refractivity contribution in [2.45, 2.75) is 19.5 Å². The van der Waals surface area contributed by atoms with Crippen LogP contribution in [0.2, 0.25) is 0 Å². The van der Waals surface area contributed by atoms with Crippen molar-refractivity contribution in [1.82, 2.24) is 15.1 Å². The van der Waals surface area contributed by atoms with Gasteiger partial charge in [-0.3, -0.25) is 14.5 Å². The number of rotatable bonds is 8. The first-order valence-corrected chi connectivity index (χ1v) is 13.3. The van der Waals surface area contributed by atoms with Crippen LogP contribution >= 0.6 is 0 Å². The lowest BCUT2D eigenvalue weighted by Crippen LogP contribution is -2.48. The van der Waals surface area contributed by atoms with Gasteiger partial charge in [-0.05, 0) is 58.1 Å². The van der Waals surface area contributed by atoms with E-state index in [9.17, 15) is 14.0 Å². The van der Waals surface area contributed by atoms with E-state index in [1.54, 1.807) is 12.1 Å². The minimum absolute atomic E-state index is 0.0348. The van der Waals surface area contributed by atoms with E-state index < -0.39 is 0 Å². The van der Waals surface area contributed by atoms with Crippen LogP contribution in [0.1, 0.15) is 27.0 Å². The molecular formula is C33H32FN3O2. The van der Waals surface area contributed by atoms with Crippen LogP contribution in [-0.4, -0.2) is 47.8 Å². The van der Waals surface area contributed by atoms with Crippen LogP contribution in [0.3, 0.4) is 0 Å². The summed E-state index contributed by atoms with van der Waals surface area (Å²) in [6, 6.07) is 32.4. The first kappa shape index (κ1) is 26.3. The van der Waals surface area contributed by atoms with Crippen LogP contribution in [0.4, 0.5) is 4.39 Å². The Bertz CT molecular complexity index is 1400. The smallest absolute Gasteiger partial charge is 0.253 e. The van der Waals surface area contributed by atoms with Crippen molar-refractivity contribution in [3.05, 3.63) is 131 Å². The number of nitrogens with zero attached hydrogens (tertiary/aromatic N) is 2. The van der Waals surface area contributed by atoms with Crippen LogP contribution in [0.25, 0.3) is 11.1 Å². The van der Waals surface area contributed by atoms with Crippen molar-refractivity contribution < 1.29 is 14.0 Å². The van der Waals surface area contributed by atoms with E-state index in [0.29, 0.717) is 25.2 Å². The highest BCUT2D eigenvalue weighted by molar-refractivity contribution is 5.94. The number of benzene rings is 4. The lowest BCUT2D eigenvalue weighted by Gasteiger charge is -2.35. The molecule has 0 saturated carbocycles. The van der Waals surface area contributed by atoms with Crippen LogP contribution in [-0.2, 0) is 24.3 Å². The second-order valence-electron chi connectivity index (χ2n) is 9.91. The second-order valence-corrected chi connectivity index (χ2v) is 9.91. The lowest BCUT2D eigenvalue weighted by molar-refractivity contribution is -0.120. The van der Waals surface area contributed by atoms with Gasteiger partial charge < -0.3 is 10.2 Å². The average molecular weight is 522 g/mol. The van der Waals surface area contributed by atoms with Gasteiger partial charge in [0, 0.05) is 44.8 Å². The predicted molar refractivity (Wildman–Crippen MR) is 151 cm³/mol. The van der Waals surface area contributed by atoms with Crippen molar-refractivity contribution >= 4 is 11.8 Å². The second kappa shape index (κ2) is 12.5. The van der Waals surface area contributed by atoms with E-state index in [4.69, 9.17) is 0 Å². The van der Waals surface area contributed by atoms with Gasteiger partial charge in [0.05, 0.1) is 6.42 Å². The van der Waals surface area contributed by atoms with E-state index in [1.807, 2.05) is 35.2 Å². The molecule has 5 rings (SSSR count). The van der Waals surface area contributed by atoms with E-state index in [2.05, 4.69) is 58.7 Å². The molecule has 6 heteroatoms. The Labute approximate surface area is 228 Å². The molecular weight excluding hydrogens is 489 g/mol. The molecule has 1 aliphatic heterocycles. The third kappa shape index (κ3) is 7.18. The number of piperazine rings is 1. The number of amides is 2. The Balaban J connectivity index is 1.08. The number of hydrogen-bond donors (Lipinski definition) is 1. The first-order valence-electron chi connectivity index (χ1n) is 13.3. The third-order valence-corrected chi connectivity index (χ3v) is 7.07. The normalized spacial score (nSPS) is 13.7. The molecule has 0 bridgehead atoms. The Kier molecular flexibility index (Phi) is 8.44. The van der Waals surface area contributed by atoms with Crippen LogP contribution in [0.5, 0.6) is 0 Å². The fraction of sp³-hybridized carbons (Fsp3) is 0.212. The van der Waals surface area contributed by atoms with Crippen molar-refractivity contribution in [3.63, 3.8) is 0 Å². The van der Waals surface area contributed by atoms with E-state index in [-0.39, 0.29) is 24.1 Å². The summed E-state index contributed by atoms with van der Waals surface area (Å²) >= 11 is 0. The summed E-state index contributed by atoms with van der Waals surface area (Å²) in [4.78, 5) is 29.6. The largest absolute Gasteiger partial charge is 0.352 e. The monoisotopic (exact) mass is 521 g/mol. The fourth-order valence-electron chi connectivity index (χ4n) is 4.85. The summed E-state index contributed by atoms with van der Waals surface area (Å²) in [6.45, 7) is 4.29. The Morgan fingerprint density at radius 1 is 0.692 bits per heavy atom. The minimum Gasteiger partial charge on any atom is -0.352 e. The molecule has 1 N–H and O–H groups in total. The average Bonchev–Trinajstić information content (AvgIpc) is 2.98. The molecule has 0 atom stereocenters. The van der Waals surface area contributed by atoms with E-state index >= 15 is 0 Å². The molecule has 5 nitrogen and oxygen atoms in total. The van der Waals surface area contributed by atoms with Gasteiger partial charge in [-0.15, -0.1) is 0 Å². The standard InChI is InChI=1S/C33H32FN3O2/c34-31-15-11-25(12-16-31)22-32(38)35-23-26-9-13-29(14-10-26)33(39)37-19-17-36(18-20-37)24-27-5-4-8-30(21-27)28-6-2-1-3-7-28/h1-16,21H,17-20,22-24H2,(H,35,38). The lowest BCUT2D eigenvalue weighted by atomic mass is 10.0. The van der Waals surface area contributed by atoms with Crippen molar-refractivity contribution in [1.29, 1.82) is 0 Å². The molecule has 198 valence electrons. The minimum atomic E-state index is -0.319. The van der Waals surface area contributed by atoms with Gasteiger partial charge in [0.1, 0.15) is 5.82 Å². The molecule has 0 unspecified atom stereocenters. The third-order valence-electron chi connectivity index (χ3n) is 7.07. The maximum atomic E-state index is 13.1. The van der Waals surface area contributed by atoms with Crippen molar-refractivity contribution in [2.24, 2.45) is 0 Å². The Morgan fingerprint density at radius 3 is 2.08 bits per heavy atom. The molecule has 2 amide bonds. The molecule has 4 aromatic rings. The first-order chi connectivity index (χ1) is 19.0. The number of carbonyl (C=O) groups excluding carboxylic acids is 2. The number of halogens is 1. The molecule has 1 aliphatic rings. The van der Waals surface area contributed by atoms with Gasteiger partial charge in [0.25, 0.3) is 5.91 Å². The summed E-state index contributed by atoms with van der Waals surface area (Å²) in [5, 5.41) is 2.88. The molecule has 0 radical (unpaired) electrons. The summed E-state index contributed by atoms with van der Waals surface area (Å²) in [5.41, 5.74) is 6.04. The summed E-state index contributed by atoms with van der Waals surface area (Å²) in [5.74, 6) is -0.417. The van der Waals surface area contributed by atoms with Gasteiger partial charge >= 0.3 is 0 Å². The van der Waals surface area contributed by atoms with Gasteiger partial charge in [-0.1, -0.05) is 72.8 Å². The zero-order valence-corrected chi connectivity index (χ0v) is 21.9. The fourth-order valence-corrected chi connectivity index (χ4v) is 4.85. The Hall–Kier alpha value is -4.29. The maximum Gasteiger partial charge on any atom is 0.253 e. The number of nitrogens with one attached hydrogen (secondary N) is 1. The highest BCUT2D eigenvalue weighted by atomic mass is 19.1. The van der Waals surface area contributed by atoms with Gasteiger partial charge in [-0.25, -0.2) is 4.39 Å². The molecule has 0 spiro atoms. The number of hydrogen-bond acceptors (Lipinski definition) is 3. The zero-order chi connectivity index (χ0) is 27.0. The molecule has 1 fully saturated rings. The van der Waals surface area contributed by atoms with Crippen LogP contribution < -0.4 is 5.32 Å². The van der Waals surface area contributed by atoms with Crippen LogP contribution in [0, 0.1) is 5.82 Å². The van der Waals surface area contributed by atoms with Gasteiger partial charge in [0.2, 0.25) is 5.91 Å². The summed E-state index contributed by atoms with van der Waals surface area (Å²) in [7, 11) is 0. The summed E-state index contributed by atoms with van der Waals surface area (Å²) < 4.78 is 13.0. The summed E-state index contributed by atoms with van der Waals surface area (Å²) in [6.07, 6.45) is 0.196. The maximum absolute atomic E-state index is 13.1. The molecule has 0 aliphatic carbocycles. The van der Waals surface area contributed by atoms with Crippen molar-refractivity contribution in [2.75, 3.05) is 26.2 Å². The molecule has 1 heterocycles. The van der Waals surface area contributed by atoms with Gasteiger partial charge in [-0.2, -0.15) is 0 Å². The topological polar surface area (TPSA) is 52.7 Å². The zero-order valence-electron chi connectivity index (χ0n) is 21.9. The molecule has 4 aromatic carbocycles. The Morgan fingerprint density at radius 2 is 1.36 bits per heavy atom. The SMILES string of the molecule is O=C(Cc1ccc(F)cc1)NCc1ccc(C(=O)N2CCN(Cc3cccc(-c4ccccc4)c3)CC2)cc1. The highest BCUT2D eigenvalue weighted by Crippen LogP contribution is 2.21.